The summed E-state index contributed by atoms with van der Waals surface area (Å²) in [5.41, 5.74) is 5.12. The number of hydrogen-bond donors (Lipinski definition) is 1. The molecule has 5 heteroatoms. The van der Waals surface area contributed by atoms with E-state index in [1.807, 2.05) is 0 Å². The Morgan fingerprint density at radius 2 is 1.76 bits per heavy atom. The summed E-state index contributed by atoms with van der Waals surface area (Å²) in [7, 11) is 1.39. The third-order valence-corrected chi connectivity index (χ3v) is 4.16. The van der Waals surface area contributed by atoms with Gasteiger partial charge in [0.25, 0.3) is 0 Å². The SMILES string of the molecule is COC(=O)C(C)(N)CCCCN1CCN(CC(C)C)CC1. The fourth-order valence-electron chi connectivity index (χ4n) is 2.87. The summed E-state index contributed by atoms with van der Waals surface area (Å²) in [6.07, 6.45) is 2.75. The maximum atomic E-state index is 11.5. The molecule has 0 bridgehead atoms. The molecule has 1 heterocycles. The summed E-state index contributed by atoms with van der Waals surface area (Å²) in [6.45, 7) is 13.3. The fourth-order valence-corrected chi connectivity index (χ4v) is 2.87. The quantitative estimate of drug-likeness (QED) is 0.541. The van der Waals surface area contributed by atoms with Crippen LogP contribution in [0.5, 0.6) is 0 Å². The molecule has 0 aromatic carbocycles. The predicted octanol–water partition coefficient (Wildman–Crippen LogP) is 1.32. The van der Waals surface area contributed by atoms with Crippen LogP contribution >= 0.6 is 0 Å². The first kappa shape index (κ1) is 18.4. The highest BCUT2D eigenvalue weighted by Gasteiger charge is 2.28. The molecule has 124 valence electrons. The summed E-state index contributed by atoms with van der Waals surface area (Å²) in [6, 6.07) is 0. The van der Waals surface area contributed by atoms with Crippen molar-refractivity contribution in [1.82, 2.24) is 9.80 Å². The number of carbonyl (C=O) groups excluding carboxylic acids is 1. The van der Waals surface area contributed by atoms with Gasteiger partial charge < -0.3 is 20.3 Å². The van der Waals surface area contributed by atoms with Gasteiger partial charge in [0.05, 0.1) is 7.11 Å². The molecule has 1 aliphatic heterocycles. The fraction of sp³-hybridized carbons (Fsp3) is 0.938. The van der Waals surface area contributed by atoms with E-state index >= 15 is 0 Å². The van der Waals surface area contributed by atoms with Crippen LogP contribution in [0.2, 0.25) is 0 Å². The van der Waals surface area contributed by atoms with E-state index in [0.29, 0.717) is 6.42 Å². The van der Waals surface area contributed by atoms with Crippen LogP contribution in [0.4, 0.5) is 0 Å². The van der Waals surface area contributed by atoms with Crippen molar-refractivity contribution in [2.75, 3.05) is 46.4 Å². The zero-order valence-corrected chi connectivity index (χ0v) is 14.2. The highest BCUT2D eigenvalue weighted by Crippen LogP contribution is 2.13. The molecule has 0 radical (unpaired) electrons. The first-order valence-corrected chi connectivity index (χ1v) is 8.17. The third kappa shape index (κ3) is 6.76. The lowest BCUT2D eigenvalue weighted by molar-refractivity contribution is -0.146. The second-order valence-corrected chi connectivity index (χ2v) is 6.90. The molecule has 1 unspecified atom stereocenters. The Morgan fingerprint density at radius 1 is 1.19 bits per heavy atom. The van der Waals surface area contributed by atoms with Crippen LogP contribution in [-0.4, -0.2) is 67.7 Å². The van der Waals surface area contributed by atoms with E-state index in [4.69, 9.17) is 10.5 Å². The Labute approximate surface area is 129 Å². The average molecular weight is 299 g/mol. The minimum Gasteiger partial charge on any atom is -0.468 e. The molecular weight excluding hydrogens is 266 g/mol. The van der Waals surface area contributed by atoms with Crippen LogP contribution in [0.25, 0.3) is 0 Å². The molecule has 0 aliphatic carbocycles. The molecule has 1 rings (SSSR count). The largest absolute Gasteiger partial charge is 0.468 e. The number of piperazine rings is 1. The van der Waals surface area contributed by atoms with Crippen molar-refractivity contribution in [3.63, 3.8) is 0 Å². The zero-order valence-electron chi connectivity index (χ0n) is 14.2. The van der Waals surface area contributed by atoms with E-state index < -0.39 is 5.54 Å². The molecule has 0 aromatic heterocycles. The van der Waals surface area contributed by atoms with Gasteiger partial charge in [-0.25, -0.2) is 0 Å². The second-order valence-electron chi connectivity index (χ2n) is 6.90. The van der Waals surface area contributed by atoms with E-state index in [2.05, 4.69) is 23.6 Å². The summed E-state index contributed by atoms with van der Waals surface area (Å²) in [4.78, 5) is 16.6. The van der Waals surface area contributed by atoms with E-state index in [1.54, 1.807) is 6.92 Å². The van der Waals surface area contributed by atoms with Crippen molar-refractivity contribution in [3.8, 4) is 0 Å². The lowest BCUT2D eigenvalue weighted by Gasteiger charge is -2.35. The number of ether oxygens (including phenoxy) is 1. The van der Waals surface area contributed by atoms with Crippen molar-refractivity contribution in [2.45, 2.75) is 45.6 Å². The maximum absolute atomic E-state index is 11.5. The van der Waals surface area contributed by atoms with Gasteiger partial charge in [0.2, 0.25) is 0 Å². The van der Waals surface area contributed by atoms with Crippen LogP contribution in [0.1, 0.15) is 40.0 Å². The van der Waals surface area contributed by atoms with Gasteiger partial charge >= 0.3 is 5.97 Å². The number of nitrogens with two attached hydrogens (primary N) is 1. The molecule has 0 aromatic rings. The van der Waals surface area contributed by atoms with E-state index in [1.165, 1.54) is 26.7 Å². The molecule has 1 saturated heterocycles. The second kappa shape index (κ2) is 8.71. The highest BCUT2D eigenvalue weighted by molar-refractivity contribution is 5.79. The Hall–Kier alpha value is -0.650. The number of unbranched alkanes of at least 4 members (excludes halogenated alkanes) is 1. The van der Waals surface area contributed by atoms with Gasteiger partial charge in [0, 0.05) is 32.7 Å². The normalized spacial score (nSPS) is 20.5. The molecule has 1 aliphatic rings. The van der Waals surface area contributed by atoms with Crippen molar-refractivity contribution in [2.24, 2.45) is 11.7 Å². The van der Waals surface area contributed by atoms with E-state index in [9.17, 15) is 4.79 Å². The molecular formula is C16H33N3O2. The van der Waals surface area contributed by atoms with Crippen molar-refractivity contribution in [3.05, 3.63) is 0 Å². The Kier molecular flexibility index (Phi) is 7.63. The van der Waals surface area contributed by atoms with Gasteiger partial charge in [0.1, 0.15) is 5.54 Å². The minimum absolute atomic E-state index is 0.315. The summed E-state index contributed by atoms with van der Waals surface area (Å²) < 4.78 is 4.73. The smallest absolute Gasteiger partial charge is 0.325 e. The average Bonchev–Trinajstić information content (AvgIpc) is 2.43. The van der Waals surface area contributed by atoms with Crippen LogP contribution in [0.3, 0.4) is 0 Å². The molecule has 0 saturated carbocycles. The van der Waals surface area contributed by atoms with Gasteiger partial charge in [-0.1, -0.05) is 13.8 Å². The number of esters is 1. The van der Waals surface area contributed by atoms with Gasteiger partial charge in [-0.2, -0.15) is 0 Å². The number of rotatable bonds is 8. The number of hydrogen-bond acceptors (Lipinski definition) is 5. The lowest BCUT2D eigenvalue weighted by Crippen LogP contribution is -2.48. The maximum Gasteiger partial charge on any atom is 0.325 e. The molecule has 5 nitrogen and oxygen atoms in total. The lowest BCUT2D eigenvalue weighted by atomic mass is 9.96. The monoisotopic (exact) mass is 299 g/mol. The van der Waals surface area contributed by atoms with Gasteiger partial charge in [-0.15, -0.1) is 0 Å². The van der Waals surface area contributed by atoms with Crippen LogP contribution < -0.4 is 5.73 Å². The van der Waals surface area contributed by atoms with Crippen molar-refractivity contribution in [1.29, 1.82) is 0 Å². The highest BCUT2D eigenvalue weighted by atomic mass is 16.5. The van der Waals surface area contributed by atoms with Crippen molar-refractivity contribution >= 4 is 5.97 Å². The third-order valence-electron chi connectivity index (χ3n) is 4.16. The van der Waals surface area contributed by atoms with Crippen LogP contribution in [0, 0.1) is 5.92 Å². The standard InChI is InChI=1S/C16H33N3O2/c1-14(2)13-19-11-9-18(10-12-19)8-6-5-7-16(3,17)15(20)21-4/h14H,5-13,17H2,1-4H3. The molecule has 0 amide bonds. The topological polar surface area (TPSA) is 58.8 Å². The Bertz CT molecular complexity index is 311. The van der Waals surface area contributed by atoms with Gasteiger partial charge in [0.15, 0.2) is 0 Å². The van der Waals surface area contributed by atoms with Gasteiger partial charge in [-0.05, 0) is 38.6 Å². The van der Waals surface area contributed by atoms with Crippen LogP contribution in [0.15, 0.2) is 0 Å². The molecule has 21 heavy (non-hydrogen) atoms. The molecule has 0 spiro atoms. The number of carbonyl (C=O) groups is 1. The zero-order chi connectivity index (χ0) is 15.9. The molecule has 1 fully saturated rings. The Balaban J connectivity index is 2.13. The van der Waals surface area contributed by atoms with Crippen molar-refractivity contribution < 1.29 is 9.53 Å². The van der Waals surface area contributed by atoms with E-state index in [-0.39, 0.29) is 5.97 Å². The van der Waals surface area contributed by atoms with E-state index in [0.717, 1.165) is 38.4 Å². The molecule has 2 N–H and O–H groups in total. The minimum atomic E-state index is -0.843. The Morgan fingerprint density at radius 3 is 2.29 bits per heavy atom. The summed E-state index contributed by atoms with van der Waals surface area (Å²) >= 11 is 0. The first-order chi connectivity index (χ1) is 9.85. The van der Waals surface area contributed by atoms with Gasteiger partial charge in [-0.3, -0.25) is 4.79 Å². The number of methoxy groups -OCH3 is 1. The molecule has 1 atom stereocenters. The summed E-state index contributed by atoms with van der Waals surface area (Å²) in [5, 5.41) is 0. The first-order valence-electron chi connectivity index (χ1n) is 8.17. The predicted molar refractivity (Wildman–Crippen MR) is 86.2 cm³/mol. The summed E-state index contributed by atoms with van der Waals surface area (Å²) in [5.74, 6) is 0.432. The number of nitrogens with zero attached hydrogens (tertiary/aromatic N) is 2. The van der Waals surface area contributed by atoms with Crippen LogP contribution in [-0.2, 0) is 9.53 Å².